The van der Waals surface area contributed by atoms with Crippen molar-refractivity contribution in [1.82, 2.24) is 10.2 Å². The predicted molar refractivity (Wildman–Crippen MR) is 89.9 cm³/mol. The third kappa shape index (κ3) is 5.77. The van der Waals surface area contributed by atoms with Crippen molar-refractivity contribution in [2.45, 2.75) is 32.3 Å². The molecule has 1 saturated heterocycles. The van der Waals surface area contributed by atoms with Crippen LogP contribution in [0.25, 0.3) is 0 Å². The van der Waals surface area contributed by atoms with E-state index in [0.717, 1.165) is 32.4 Å². The lowest BCUT2D eigenvalue weighted by molar-refractivity contribution is 0.0117. The summed E-state index contributed by atoms with van der Waals surface area (Å²) in [6.07, 6.45) is 3.32. The second kappa shape index (κ2) is 8.79. The summed E-state index contributed by atoms with van der Waals surface area (Å²) in [4.78, 5) is 25.7. The van der Waals surface area contributed by atoms with Crippen molar-refractivity contribution >= 4 is 11.7 Å². The van der Waals surface area contributed by atoms with E-state index in [0.29, 0.717) is 30.4 Å². The molecule has 1 N–H and O–H groups in total. The van der Waals surface area contributed by atoms with Crippen molar-refractivity contribution in [1.29, 1.82) is 0 Å². The summed E-state index contributed by atoms with van der Waals surface area (Å²) in [5.74, 6) is -0.182. The molecule has 0 spiro atoms. The van der Waals surface area contributed by atoms with E-state index in [1.807, 2.05) is 0 Å². The zero-order chi connectivity index (χ0) is 16.7. The molecule has 1 amide bonds. The van der Waals surface area contributed by atoms with E-state index >= 15 is 0 Å². The molecule has 1 aliphatic rings. The van der Waals surface area contributed by atoms with Gasteiger partial charge < -0.3 is 15.0 Å². The number of benzene rings is 1. The van der Waals surface area contributed by atoms with Gasteiger partial charge in [-0.25, -0.2) is 0 Å². The molecule has 0 aliphatic carbocycles. The van der Waals surface area contributed by atoms with Crippen molar-refractivity contribution in [2.24, 2.45) is 0 Å². The van der Waals surface area contributed by atoms with E-state index in [1.165, 1.54) is 6.92 Å². The number of hydrogen-bond acceptors (Lipinski definition) is 4. The first-order chi connectivity index (χ1) is 11.1. The van der Waals surface area contributed by atoms with Crippen molar-refractivity contribution in [3.63, 3.8) is 0 Å². The molecule has 0 atom stereocenters. The minimum atomic E-state index is -0.146. The van der Waals surface area contributed by atoms with Gasteiger partial charge in [-0.05, 0) is 45.4 Å². The number of nitrogens with zero attached hydrogens (tertiary/aromatic N) is 1. The summed E-state index contributed by atoms with van der Waals surface area (Å²) < 4.78 is 5.85. The Morgan fingerprint density at radius 3 is 2.65 bits per heavy atom. The monoisotopic (exact) mass is 318 g/mol. The van der Waals surface area contributed by atoms with Crippen LogP contribution >= 0.6 is 0 Å². The number of ketones is 1. The highest BCUT2D eigenvalue weighted by Gasteiger charge is 2.16. The Morgan fingerprint density at radius 1 is 1.26 bits per heavy atom. The molecule has 1 aliphatic heterocycles. The number of rotatable bonds is 7. The standard InChI is InChI=1S/C18H26N2O3/c1-14(21)15-5-3-6-16(13-15)18(22)19-9-4-12-23-17-7-10-20(2)11-8-17/h3,5-6,13,17H,4,7-12H2,1-2H3,(H,19,22). The number of hydrogen-bond donors (Lipinski definition) is 1. The normalized spacial score (nSPS) is 16.3. The Bertz CT molecular complexity index is 537. The Kier molecular flexibility index (Phi) is 6.74. The highest BCUT2D eigenvalue weighted by atomic mass is 16.5. The molecule has 0 unspecified atom stereocenters. The Labute approximate surface area is 138 Å². The summed E-state index contributed by atoms with van der Waals surface area (Å²) >= 11 is 0. The molecule has 23 heavy (non-hydrogen) atoms. The average Bonchev–Trinajstić information content (AvgIpc) is 2.56. The van der Waals surface area contributed by atoms with Crippen LogP contribution in [0.4, 0.5) is 0 Å². The number of nitrogens with one attached hydrogen (secondary N) is 1. The molecule has 5 heteroatoms. The first-order valence-electron chi connectivity index (χ1n) is 8.25. The van der Waals surface area contributed by atoms with Gasteiger partial charge in [-0.1, -0.05) is 12.1 Å². The Morgan fingerprint density at radius 2 is 1.96 bits per heavy atom. The zero-order valence-corrected chi connectivity index (χ0v) is 14.0. The predicted octanol–water partition coefficient (Wildman–Crippen LogP) is 2.12. The summed E-state index contributed by atoms with van der Waals surface area (Å²) in [6.45, 7) is 4.93. The minimum absolute atomic E-state index is 0.0359. The second-order valence-corrected chi connectivity index (χ2v) is 6.12. The van der Waals surface area contributed by atoms with Gasteiger partial charge in [0.05, 0.1) is 6.10 Å². The van der Waals surface area contributed by atoms with Gasteiger partial charge in [-0.2, -0.15) is 0 Å². The van der Waals surface area contributed by atoms with E-state index in [4.69, 9.17) is 4.74 Å². The van der Waals surface area contributed by atoms with E-state index in [1.54, 1.807) is 24.3 Å². The van der Waals surface area contributed by atoms with Crippen molar-refractivity contribution in [3.8, 4) is 0 Å². The summed E-state index contributed by atoms with van der Waals surface area (Å²) in [5.41, 5.74) is 1.08. The highest BCUT2D eigenvalue weighted by Crippen LogP contribution is 2.12. The Hall–Kier alpha value is -1.72. The van der Waals surface area contributed by atoms with E-state index in [-0.39, 0.29) is 11.7 Å². The van der Waals surface area contributed by atoms with Gasteiger partial charge in [0, 0.05) is 37.4 Å². The van der Waals surface area contributed by atoms with Crippen LogP contribution in [0.15, 0.2) is 24.3 Å². The number of amides is 1. The fourth-order valence-corrected chi connectivity index (χ4v) is 2.66. The highest BCUT2D eigenvalue weighted by molar-refractivity contribution is 5.99. The SMILES string of the molecule is CC(=O)c1cccc(C(=O)NCCCOC2CCN(C)CC2)c1. The van der Waals surface area contributed by atoms with E-state index in [9.17, 15) is 9.59 Å². The van der Waals surface area contributed by atoms with E-state index < -0.39 is 0 Å². The number of piperidine rings is 1. The van der Waals surface area contributed by atoms with Gasteiger partial charge in [-0.3, -0.25) is 9.59 Å². The minimum Gasteiger partial charge on any atom is -0.378 e. The second-order valence-electron chi connectivity index (χ2n) is 6.12. The molecule has 0 radical (unpaired) electrons. The lowest BCUT2D eigenvalue weighted by Gasteiger charge is -2.28. The molecular weight excluding hydrogens is 292 g/mol. The van der Waals surface area contributed by atoms with Crippen LogP contribution in [0.1, 0.15) is 46.9 Å². The third-order valence-electron chi connectivity index (χ3n) is 4.16. The number of ether oxygens (including phenoxy) is 1. The van der Waals surface area contributed by atoms with Crippen molar-refractivity contribution in [2.75, 3.05) is 33.3 Å². The molecular formula is C18H26N2O3. The molecule has 1 heterocycles. The van der Waals surface area contributed by atoms with Gasteiger partial charge in [0.15, 0.2) is 5.78 Å². The molecule has 1 aromatic rings. The van der Waals surface area contributed by atoms with Crippen LogP contribution in [0, 0.1) is 0 Å². The molecule has 1 fully saturated rings. The molecule has 0 aromatic heterocycles. The maximum atomic E-state index is 12.1. The molecule has 0 saturated carbocycles. The number of carbonyl (C=O) groups excluding carboxylic acids is 2. The molecule has 2 rings (SSSR count). The fraction of sp³-hybridized carbons (Fsp3) is 0.556. The average molecular weight is 318 g/mol. The van der Waals surface area contributed by atoms with Gasteiger partial charge in [-0.15, -0.1) is 0 Å². The van der Waals surface area contributed by atoms with Gasteiger partial charge in [0.1, 0.15) is 0 Å². The maximum absolute atomic E-state index is 12.1. The van der Waals surface area contributed by atoms with Gasteiger partial charge in [0.25, 0.3) is 5.91 Å². The summed E-state index contributed by atoms with van der Waals surface area (Å²) in [7, 11) is 2.13. The number of likely N-dealkylation sites (tertiary alicyclic amines) is 1. The lowest BCUT2D eigenvalue weighted by Crippen LogP contribution is -2.34. The van der Waals surface area contributed by atoms with Crippen molar-refractivity contribution in [3.05, 3.63) is 35.4 Å². The maximum Gasteiger partial charge on any atom is 0.251 e. The quantitative estimate of drug-likeness (QED) is 0.618. The first kappa shape index (κ1) is 17.6. The van der Waals surface area contributed by atoms with Crippen LogP contribution < -0.4 is 5.32 Å². The van der Waals surface area contributed by atoms with Crippen LogP contribution in [-0.4, -0.2) is 56.0 Å². The molecule has 126 valence electrons. The largest absolute Gasteiger partial charge is 0.378 e. The smallest absolute Gasteiger partial charge is 0.251 e. The topological polar surface area (TPSA) is 58.6 Å². The Balaban J connectivity index is 1.65. The number of carbonyl (C=O) groups is 2. The first-order valence-corrected chi connectivity index (χ1v) is 8.25. The van der Waals surface area contributed by atoms with Crippen LogP contribution in [0.5, 0.6) is 0 Å². The number of Topliss-reactive ketones (excluding diaryl/α,β-unsaturated/α-hetero) is 1. The third-order valence-corrected chi connectivity index (χ3v) is 4.16. The van der Waals surface area contributed by atoms with Crippen molar-refractivity contribution < 1.29 is 14.3 Å². The van der Waals surface area contributed by atoms with Crippen LogP contribution in [0.2, 0.25) is 0 Å². The van der Waals surface area contributed by atoms with Gasteiger partial charge >= 0.3 is 0 Å². The fourth-order valence-electron chi connectivity index (χ4n) is 2.66. The lowest BCUT2D eigenvalue weighted by atomic mass is 10.1. The van der Waals surface area contributed by atoms with Crippen LogP contribution in [-0.2, 0) is 4.74 Å². The summed E-state index contributed by atoms with van der Waals surface area (Å²) in [6, 6.07) is 6.80. The summed E-state index contributed by atoms with van der Waals surface area (Å²) in [5, 5.41) is 2.87. The zero-order valence-electron chi connectivity index (χ0n) is 14.0. The molecule has 1 aromatic carbocycles. The molecule has 0 bridgehead atoms. The van der Waals surface area contributed by atoms with Crippen LogP contribution in [0.3, 0.4) is 0 Å². The van der Waals surface area contributed by atoms with Gasteiger partial charge in [0.2, 0.25) is 0 Å². The van der Waals surface area contributed by atoms with E-state index in [2.05, 4.69) is 17.3 Å². The molecule has 5 nitrogen and oxygen atoms in total.